The highest BCUT2D eigenvalue weighted by Crippen LogP contribution is 2.25. The molecule has 0 spiro atoms. The standard InChI is InChI=1S/C9H12ClN5S/c1-9(2,10)7-4-15(14-13-7)3-6-5-16-8(11)12-6/h4-5H,3H2,1-2H3,(H2,11,12). The zero-order valence-corrected chi connectivity index (χ0v) is 10.6. The first-order chi connectivity index (χ1) is 7.45. The molecule has 0 amide bonds. The number of nitrogens with two attached hydrogens (primary N) is 1. The van der Waals surface area contributed by atoms with Crippen LogP contribution in [-0.2, 0) is 11.4 Å². The van der Waals surface area contributed by atoms with Gasteiger partial charge in [0, 0.05) is 5.38 Å². The van der Waals surface area contributed by atoms with E-state index in [4.69, 9.17) is 17.3 Å². The molecular weight excluding hydrogens is 246 g/mol. The van der Waals surface area contributed by atoms with Crippen LogP contribution in [0.2, 0.25) is 0 Å². The van der Waals surface area contributed by atoms with Gasteiger partial charge in [0.2, 0.25) is 0 Å². The first kappa shape index (κ1) is 11.3. The van der Waals surface area contributed by atoms with Gasteiger partial charge in [0.05, 0.1) is 23.3 Å². The van der Waals surface area contributed by atoms with Crippen LogP contribution in [0.3, 0.4) is 0 Å². The van der Waals surface area contributed by atoms with Crippen molar-refractivity contribution in [3.8, 4) is 0 Å². The zero-order valence-electron chi connectivity index (χ0n) is 9.01. The van der Waals surface area contributed by atoms with Crippen molar-refractivity contribution in [2.75, 3.05) is 5.73 Å². The third kappa shape index (κ3) is 2.51. The lowest BCUT2D eigenvalue weighted by Gasteiger charge is -2.09. The molecule has 0 radical (unpaired) electrons. The highest BCUT2D eigenvalue weighted by molar-refractivity contribution is 7.13. The Balaban J connectivity index is 2.14. The summed E-state index contributed by atoms with van der Waals surface area (Å²) >= 11 is 7.54. The number of hydrogen-bond acceptors (Lipinski definition) is 5. The second kappa shape index (κ2) is 4.03. The number of nitrogen functional groups attached to an aromatic ring is 1. The number of halogens is 1. The lowest BCUT2D eigenvalue weighted by molar-refractivity contribution is 0.639. The van der Waals surface area contributed by atoms with Crippen LogP contribution >= 0.6 is 22.9 Å². The smallest absolute Gasteiger partial charge is 0.180 e. The van der Waals surface area contributed by atoms with Crippen molar-refractivity contribution in [3.63, 3.8) is 0 Å². The molecule has 2 heterocycles. The van der Waals surface area contributed by atoms with Crippen molar-refractivity contribution in [1.82, 2.24) is 20.0 Å². The molecule has 0 saturated heterocycles. The molecule has 7 heteroatoms. The van der Waals surface area contributed by atoms with Crippen LogP contribution in [0.15, 0.2) is 11.6 Å². The van der Waals surface area contributed by atoms with Crippen molar-refractivity contribution in [2.24, 2.45) is 0 Å². The quantitative estimate of drug-likeness (QED) is 0.852. The third-order valence-electron chi connectivity index (χ3n) is 2.04. The highest BCUT2D eigenvalue weighted by Gasteiger charge is 2.20. The molecule has 0 saturated carbocycles. The molecule has 0 aliphatic rings. The van der Waals surface area contributed by atoms with Gasteiger partial charge in [0.15, 0.2) is 5.13 Å². The molecule has 0 unspecified atom stereocenters. The van der Waals surface area contributed by atoms with Gasteiger partial charge in [0.1, 0.15) is 5.69 Å². The summed E-state index contributed by atoms with van der Waals surface area (Å²) in [4.78, 5) is 3.65. The van der Waals surface area contributed by atoms with E-state index in [0.717, 1.165) is 11.4 Å². The summed E-state index contributed by atoms with van der Waals surface area (Å²) in [7, 11) is 0. The molecule has 5 nitrogen and oxygen atoms in total. The number of alkyl halides is 1. The van der Waals surface area contributed by atoms with Crippen LogP contribution in [0, 0.1) is 0 Å². The molecule has 2 N–H and O–H groups in total. The summed E-state index contributed by atoms with van der Waals surface area (Å²) in [6, 6.07) is 0. The van der Waals surface area contributed by atoms with E-state index >= 15 is 0 Å². The van der Waals surface area contributed by atoms with Crippen molar-refractivity contribution >= 4 is 28.1 Å². The molecule has 2 aromatic heterocycles. The summed E-state index contributed by atoms with van der Waals surface area (Å²) in [6.07, 6.45) is 1.82. The molecule has 86 valence electrons. The molecule has 16 heavy (non-hydrogen) atoms. The monoisotopic (exact) mass is 257 g/mol. The van der Waals surface area contributed by atoms with Gasteiger partial charge in [-0.3, -0.25) is 0 Å². The highest BCUT2D eigenvalue weighted by atomic mass is 35.5. The van der Waals surface area contributed by atoms with Gasteiger partial charge < -0.3 is 5.73 Å². The van der Waals surface area contributed by atoms with E-state index < -0.39 is 4.87 Å². The number of nitrogens with zero attached hydrogens (tertiary/aromatic N) is 4. The minimum Gasteiger partial charge on any atom is -0.375 e. The van der Waals surface area contributed by atoms with E-state index in [-0.39, 0.29) is 0 Å². The molecular formula is C9H12ClN5S. The van der Waals surface area contributed by atoms with Gasteiger partial charge in [-0.15, -0.1) is 28.0 Å². The van der Waals surface area contributed by atoms with Crippen LogP contribution in [0.4, 0.5) is 5.13 Å². The summed E-state index contributed by atoms with van der Waals surface area (Å²) < 4.78 is 1.70. The predicted octanol–water partition coefficient (Wildman–Crippen LogP) is 1.84. The van der Waals surface area contributed by atoms with E-state index in [1.807, 2.05) is 25.4 Å². The Morgan fingerprint density at radius 3 is 2.81 bits per heavy atom. The molecule has 0 aromatic carbocycles. The van der Waals surface area contributed by atoms with Crippen molar-refractivity contribution in [3.05, 3.63) is 23.0 Å². The Bertz CT molecular complexity index is 484. The average Bonchev–Trinajstić information content (AvgIpc) is 2.74. The SMILES string of the molecule is CC(C)(Cl)c1cn(Cc2csc(N)n2)nn1. The van der Waals surface area contributed by atoms with Crippen LogP contribution in [0.1, 0.15) is 25.2 Å². The maximum Gasteiger partial charge on any atom is 0.180 e. The average molecular weight is 258 g/mol. The minimum atomic E-state index is -0.501. The second-order valence-corrected chi connectivity index (χ2v) is 5.79. The van der Waals surface area contributed by atoms with Crippen molar-refractivity contribution in [1.29, 1.82) is 0 Å². The molecule has 0 atom stereocenters. The maximum atomic E-state index is 6.13. The van der Waals surface area contributed by atoms with Gasteiger partial charge in [-0.05, 0) is 13.8 Å². The Kier molecular flexibility index (Phi) is 2.86. The normalized spacial score (nSPS) is 11.9. The van der Waals surface area contributed by atoms with Crippen LogP contribution in [0.25, 0.3) is 0 Å². The zero-order chi connectivity index (χ0) is 11.8. The van der Waals surface area contributed by atoms with Gasteiger partial charge in [-0.1, -0.05) is 5.21 Å². The van der Waals surface area contributed by atoms with E-state index in [0.29, 0.717) is 11.7 Å². The first-order valence-electron chi connectivity index (χ1n) is 4.74. The van der Waals surface area contributed by atoms with E-state index in [9.17, 15) is 0 Å². The Morgan fingerprint density at radius 1 is 1.56 bits per heavy atom. The molecule has 2 aromatic rings. The van der Waals surface area contributed by atoms with Gasteiger partial charge in [-0.25, -0.2) is 9.67 Å². The molecule has 0 aliphatic carbocycles. The van der Waals surface area contributed by atoms with Crippen LogP contribution in [0.5, 0.6) is 0 Å². The fourth-order valence-corrected chi connectivity index (χ4v) is 1.85. The Morgan fingerprint density at radius 2 is 2.31 bits per heavy atom. The van der Waals surface area contributed by atoms with E-state index in [1.54, 1.807) is 4.68 Å². The number of rotatable bonds is 3. The Hall–Kier alpha value is -1.14. The maximum absolute atomic E-state index is 6.13. The Labute approximate surface area is 102 Å². The number of thiazole rings is 1. The van der Waals surface area contributed by atoms with Gasteiger partial charge >= 0.3 is 0 Å². The van der Waals surface area contributed by atoms with Gasteiger partial charge in [-0.2, -0.15) is 0 Å². The summed E-state index contributed by atoms with van der Waals surface area (Å²) in [5.41, 5.74) is 7.18. The number of anilines is 1. The van der Waals surface area contributed by atoms with Crippen molar-refractivity contribution in [2.45, 2.75) is 25.3 Å². The fourth-order valence-electron chi connectivity index (χ4n) is 1.21. The lowest BCUT2D eigenvalue weighted by atomic mass is 10.1. The molecule has 0 fully saturated rings. The summed E-state index contributed by atoms with van der Waals surface area (Å²) in [6.45, 7) is 4.32. The number of hydrogen-bond donors (Lipinski definition) is 1. The predicted molar refractivity (Wildman–Crippen MR) is 64.5 cm³/mol. The lowest BCUT2D eigenvalue weighted by Crippen LogP contribution is -2.07. The first-order valence-corrected chi connectivity index (χ1v) is 6.00. The number of aromatic nitrogens is 4. The second-order valence-electron chi connectivity index (χ2n) is 3.95. The largest absolute Gasteiger partial charge is 0.375 e. The summed E-state index contributed by atoms with van der Waals surface area (Å²) in [5, 5.41) is 10.5. The topological polar surface area (TPSA) is 69.6 Å². The summed E-state index contributed by atoms with van der Waals surface area (Å²) in [5.74, 6) is 0. The van der Waals surface area contributed by atoms with Crippen molar-refractivity contribution < 1.29 is 0 Å². The van der Waals surface area contributed by atoms with E-state index in [1.165, 1.54) is 11.3 Å². The van der Waals surface area contributed by atoms with E-state index in [2.05, 4.69) is 15.3 Å². The molecule has 0 aliphatic heterocycles. The van der Waals surface area contributed by atoms with Crippen LogP contribution < -0.4 is 5.73 Å². The third-order valence-corrected chi connectivity index (χ3v) is 2.96. The van der Waals surface area contributed by atoms with Gasteiger partial charge in [0.25, 0.3) is 0 Å². The fraction of sp³-hybridized carbons (Fsp3) is 0.444. The molecule has 2 rings (SSSR count). The van der Waals surface area contributed by atoms with Crippen LogP contribution in [-0.4, -0.2) is 20.0 Å². The molecule has 0 bridgehead atoms. The minimum absolute atomic E-state index is 0.501.